The fourth-order valence-corrected chi connectivity index (χ4v) is 5.15. The lowest BCUT2D eigenvalue weighted by molar-refractivity contribution is 0.115. The molecule has 0 amide bonds. The number of fused-ring (bicyclic) bond motifs is 1. The van der Waals surface area contributed by atoms with E-state index in [1.165, 1.54) is 51.6 Å². The molecule has 0 aliphatic carbocycles. The fraction of sp³-hybridized carbons (Fsp3) is 1.00. The summed E-state index contributed by atoms with van der Waals surface area (Å²) in [5.74, 6) is 0. The lowest BCUT2D eigenvalue weighted by Gasteiger charge is -2.48. The highest BCUT2D eigenvalue weighted by Crippen LogP contribution is 2.31. The molecule has 2 N–H and O–H groups in total. The summed E-state index contributed by atoms with van der Waals surface area (Å²) in [7, 11) is 0. The Hall–Kier alpha value is -0.120. The topological polar surface area (TPSA) is 27.3 Å². The van der Waals surface area contributed by atoms with E-state index in [1.807, 2.05) is 0 Å². The van der Waals surface area contributed by atoms with E-state index in [0.29, 0.717) is 6.04 Å². The van der Waals surface area contributed by atoms with Gasteiger partial charge in [0.1, 0.15) is 0 Å². The van der Waals surface area contributed by atoms with Crippen LogP contribution in [0.4, 0.5) is 0 Å². The molecule has 3 heteroatoms. The van der Waals surface area contributed by atoms with Gasteiger partial charge in [0.05, 0.1) is 0 Å². The van der Waals surface area contributed by atoms with Crippen LogP contribution >= 0.6 is 0 Å². The monoisotopic (exact) mass is 279 g/mol. The van der Waals surface area contributed by atoms with E-state index in [-0.39, 0.29) is 11.1 Å². The second-order valence-electron chi connectivity index (χ2n) is 8.72. The maximum absolute atomic E-state index is 4.02. The van der Waals surface area contributed by atoms with Gasteiger partial charge in [-0.1, -0.05) is 0 Å². The third kappa shape index (κ3) is 3.37. The molecule has 0 aromatic heterocycles. The molecule has 3 aliphatic rings. The first-order valence-electron chi connectivity index (χ1n) is 8.62. The molecule has 0 bridgehead atoms. The molecule has 3 rings (SSSR count). The van der Waals surface area contributed by atoms with Gasteiger partial charge in [-0.05, 0) is 79.3 Å². The van der Waals surface area contributed by atoms with Crippen molar-refractivity contribution in [2.24, 2.45) is 0 Å². The molecule has 0 saturated carbocycles. The number of hydrogen-bond acceptors (Lipinski definition) is 3. The van der Waals surface area contributed by atoms with Crippen molar-refractivity contribution < 1.29 is 0 Å². The molecule has 0 aromatic rings. The summed E-state index contributed by atoms with van der Waals surface area (Å²) in [6.07, 6.45) is 8.08. The highest BCUT2D eigenvalue weighted by molar-refractivity contribution is 5.01. The van der Waals surface area contributed by atoms with E-state index >= 15 is 0 Å². The van der Waals surface area contributed by atoms with Crippen LogP contribution in [0.5, 0.6) is 0 Å². The van der Waals surface area contributed by atoms with E-state index in [1.54, 1.807) is 0 Å². The van der Waals surface area contributed by atoms with Crippen LogP contribution in [-0.4, -0.2) is 47.2 Å². The average Bonchev–Trinajstić information content (AvgIpc) is 2.71. The predicted octanol–water partition coefficient (Wildman–Crippen LogP) is 2.51. The van der Waals surface area contributed by atoms with Gasteiger partial charge in [-0.3, -0.25) is 0 Å². The van der Waals surface area contributed by atoms with E-state index in [4.69, 9.17) is 0 Å². The normalized spacial score (nSPS) is 37.8. The Balaban J connectivity index is 1.57. The first-order valence-corrected chi connectivity index (χ1v) is 8.62. The van der Waals surface area contributed by atoms with Crippen molar-refractivity contribution in [3.8, 4) is 0 Å². The van der Waals surface area contributed by atoms with Gasteiger partial charge >= 0.3 is 0 Å². The van der Waals surface area contributed by atoms with Crippen LogP contribution in [0.25, 0.3) is 0 Å². The van der Waals surface area contributed by atoms with Crippen LogP contribution in [0.3, 0.4) is 0 Å². The Bertz CT molecular complexity index is 334. The number of piperidine rings is 2. The van der Waals surface area contributed by atoms with Crippen LogP contribution in [0.1, 0.15) is 66.2 Å². The standard InChI is InChI=1S/C17H33N3/c1-16(2)11-14(12-17(3,4)19-16)18-13-7-9-20-8-5-6-15(20)10-13/h13-15,18-19H,5-12H2,1-4H3. The summed E-state index contributed by atoms with van der Waals surface area (Å²) in [4.78, 5) is 2.72. The van der Waals surface area contributed by atoms with E-state index in [0.717, 1.165) is 12.1 Å². The highest BCUT2D eigenvalue weighted by atomic mass is 15.2. The second kappa shape index (κ2) is 5.26. The first-order chi connectivity index (χ1) is 9.33. The lowest BCUT2D eigenvalue weighted by Crippen LogP contribution is -2.63. The molecule has 20 heavy (non-hydrogen) atoms. The number of nitrogens with zero attached hydrogens (tertiary/aromatic N) is 1. The highest BCUT2D eigenvalue weighted by Gasteiger charge is 2.39. The van der Waals surface area contributed by atoms with Gasteiger partial charge in [0.2, 0.25) is 0 Å². The summed E-state index contributed by atoms with van der Waals surface area (Å²) in [5.41, 5.74) is 0.515. The molecule has 0 aromatic carbocycles. The Morgan fingerprint density at radius 3 is 2.35 bits per heavy atom. The third-order valence-corrected chi connectivity index (χ3v) is 5.48. The minimum Gasteiger partial charge on any atom is -0.311 e. The zero-order valence-electron chi connectivity index (χ0n) is 13.8. The molecule has 3 nitrogen and oxygen atoms in total. The van der Waals surface area contributed by atoms with Crippen molar-refractivity contribution in [3.05, 3.63) is 0 Å². The molecular formula is C17H33N3. The molecule has 3 aliphatic heterocycles. The fourth-order valence-electron chi connectivity index (χ4n) is 5.15. The molecule has 116 valence electrons. The second-order valence-corrected chi connectivity index (χ2v) is 8.72. The molecular weight excluding hydrogens is 246 g/mol. The van der Waals surface area contributed by atoms with Gasteiger partial charge in [0, 0.05) is 29.2 Å². The smallest absolute Gasteiger partial charge is 0.0144 e. The predicted molar refractivity (Wildman–Crippen MR) is 85.1 cm³/mol. The zero-order valence-corrected chi connectivity index (χ0v) is 13.8. The van der Waals surface area contributed by atoms with Crippen LogP contribution in [0.15, 0.2) is 0 Å². The molecule has 0 radical (unpaired) electrons. The molecule has 2 atom stereocenters. The van der Waals surface area contributed by atoms with Crippen molar-refractivity contribution in [1.82, 2.24) is 15.5 Å². The lowest BCUT2D eigenvalue weighted by atomic mass is 9.79. The van der Waals surface area contributed by atoms with Gasteiger partial charge in [-0.2, -0.15) is 0 Å². The Morgan fingerprint density at radius 2 is 1.65 bits per heavy atom. The first kappa shape index (κ1) is 14.8. The summed E-state index contributed by atoms with van der Waals surface area (Å²) < 4.78 is 0. The van der Waals surface area contributed by atoms with Crippen molar-refractivity contribution in [1.29, 1.82) is 0 Å². The molecule has 3 heterocycles. The van der Waals surface area contributed by atoms with Crippen molar-refractivity contribution >= 4 is 0 Å². The number of rotatable bonds is 2. The molecule has 2 unspecified atom stereocenters. The Labute approximate surface area is 124 Å². The van der Waals surface area contributed by atoms with E-state index in [2.05, 4.69) is 43.2 Å². The van der Waals surface area contributed by atoms with Gasteiger partial charge in [0.25, 0.3) is 0 Å². The van der Waals surface area contributed by atoms with E-state index < -0.39 is 0 Å². The third-order valence-electron chi connectivity index (χ3n) is 5.48. The zero-order chi connectivity index (χ0) is 14.4. The number of hydrogen-bond donors (Lipinski definition) is 2. The summed E-state index contributed by atoms with van der Waals surface area (Å²) in [6, 6.07) is 2.31. The SMILES string of the molecule is CC1(C)CC(NC2CCN3CCCC3C2)CC(C)(C)N1. The van der Waals surface area contributed by atoms with Gasteiger partial charge < -0.3 is 15.5 Å². The maximum Gasteiger partial charge on any atom is 0.0144 e. The Kier molecular flexibility index (Phi) is 3.89. The minimum absolute atomic E-state index is 0.257. The summed E-state index contributed by atoms with van der Waals surface area (Å²) in [6.45, 7) is 12.1. The largest absolute Gasteiger partial charge is 0.311 e. The van der Waals surface area contributed by atoms with Crippen LogP contribution in [0, 0.1) is 0 Å². The van der Waals surface area contributed by atoms with Crippen molar-refractivity contribution in [2.45, 2.75) is 95.4 Å². The van der Waals surface area contributed by atoms with Crippen LogP contribution in [0.2, 0.25) is 0 Å². The number of nitrogens with one attached hydrogen (secondary N) is 2. The van der Waals surface area contributed by atoms with Crippen LogP contribution < -0.4 is 10.6 Å². The molecule has 3 fully saturated rings. The van der Waals surface area contributed by atoms with Gasteiger partial charge in [0.15, 0.2) is 0 Å². The summed E-state index contributed by atoms with van der Waals surface area (Å²) in [5, 5.41) is 7.80. The maximum atomic E-state index is 4.02. The Morgan fingerprint density at radius 1 is 0.950 bits per heavy atom. The summed E-state index contributed by atoms with van der Waals surface area (Å²) >= 11 is 0. The van der Waals surface area contributed by atoms with E-state index in [9.17, 15) is 0 Å². The van der Waals surface area contributed by atoms with Crippen LogP contribution in [-0.2, 0) is 0 Å². The molecule has 0 spiro atoms. The quantitative estimate of drug-likeness (QED) is 0.813. The van der Waals surface area contributed by atoms with Crippen molar-refractivity contribution in [3.63, 3.8) is 0 Å². The van der Waals surface area contributed by atoms with Crippen molar-refractivity contribution in [2.75, 3.05) is 13.1 Å². The van der Waals surface area contributed by atoms with Gasteiger partial charge in [-0.15, -0.1) is 0 Å². The molecule has 3 saturated heterocycles. The minimum atomic E-state index is 0.257. The van der Waals surface area contributed by atoms with Gasteiger partial charge in [-0.25, -0.2) is 0 Å². The average molecular weight is 279 g/mol.